The quantitative estimate of drug-likeness (QED) is 0.555. The van der Waals surface area contributed by atoms with E-state index < -0.39 is 4.92 Å². The topological polar surface area (TPSA) is 90.2 Å². The number of hydrogen-bond acceptors (Lipinski definition) is 6. The standard InChI is InChI=1S/C15H26N4O3/c1-6-12-17-14(16-8-7-10(2)3)13(19(20)21)15(18-12)22-9-11(4)5/h10-11H,6-9H2,1-5H3,(H,16,17,18). The molecular weight excluding hydrogens is 284 g/mol. The number of ether oxygens (including phenoxy) is 1. The second kappa shape index (κ2) is 8.51. The van der Waals surface area contributed by atoms with Crippen molar-refractivity contribution >= 4 is 11.5 Å². The minimum atomic E-state index is -0.479. The number of nitrogens with one attached hydrogen (secondary N) is 1. The highest BCUT2D eigenvalue weighted by atomic mass is 16.6. The van der Waals surface area contributed by atoms with Crippen molar-refractivity contribution < 1.29 is 9.66 Å². The van der Waals surface area contributed by atoms with Crippen molar-refractivity contribution in [3.8, 4) is 5.88 Å². The second-order valence-corrected chi connectivity index (χ2v) is 6.07. The van der Waals surface area contributed by atoms with Crippen molar-refractivity contribution in [1.29, 1.82) is 0 Å². The van der Waals surface area contributed by atoms with Gasteiger partial charge in [-0.15, -0.1) is 0 Å². The van der Waals surface area contributed by atoms with Gasteiger partial charge in [0.1, 0.15) is 5.82 Å². The van der Waals surface area contributed by atoms with Crippen LogP contribution in [-0.2, 0) is 6.42 Å². The Morgan fingerprint density at radius 2 is 1.91 bits per heavy atom. The SMILES string of the molecule is CCc1nc(NCCC(C)C)c([N+](=O)[O-])c(OCC(C)C)n1. The number of anilines is 1. The zero-order valence-electron chi connectivity index (χ0n) is 14.0. The Balaban J connectivity index is 3.09. The van der Waals surface area contributed by atoms with Crippen LogP contribution in [0.15, 0.2) is 0 Å². The summed E-state index contributed by atoms with van der Waals surface area (Å²) in [7, 11) is 0. The number of aryl methyl sites for hydroxylation is 1. The maximum absolute atomic E-state index is 11.4. The highest BCUT2D eigenvalue weighted by molar-refractivity contribution is 5.61. The van der Waals surface area contributed by atoms with Crippen LogP contribution in [0, 0.1) is 22.0 Å². The molecule has 0 unspecified atom stereocenters. The summed E-state index contributed by atoms with van der Waals surface area (Å²) >= 11 is 0. The Bertz CT molecular complexity index is 504. The molecule has 1 aromatic rings. The molecule has 0 aliphatic rings. The molecule has 1 N–H and O–H groups in total. The van der Waals surface area contributed by atoms with Crippen molar-refractivity contribution in [3.05, 3.63) is 15.9 Å². The highest BCUT2D eigenvalue weighted by Gasteiger charge is 2.26. The lowest BCUT2D eigenvalue weighted by molar-refractivity contribution is -0.385. The van der Waals surface area contributed by atoms with E-state index in [1.54, 1.807) is 0 Å². The Hall–Kier alpha value is -1.92. The molecule has 22 heavy (non-hydrogen) atoms. The molecule has 7 heteroatoms. The average Bonchev–Trinajstić information content (AvgIpc) is 2.43. The molecule has 0 aromatic carbocycles. The summed E-state index contributed by atoms with van der Waals surface area (Å²) in [4.78, 5) is 19.3. The molecule has 0 bridgehead atoms. The molecule has 0 fully saturated rings. The van der Waals surface area contributed by atoms with Gasteiger partial charge in [-0.3, -0.25) is 10.1 Å². The summed E-state index contributed by atoms with van der Waals surface area (Å²) in [5.74, 6) is 1.61. The minimum Gasteiger partial charge on any atom is -0.472 e. The van der Waals surface area contributed by atoms with E-state index in [-0.39, 0.29) is 23.3 Å². The zero-order chi connectivity index (χ0) is 16.7. The Morgan fingerprint density at radius 1 is 1.23 bits per heavy atom. The summed E-state index contributed by atoms with van der Waals surface area (Å²) in [5, 5.41) is 14.4. The van der Waals surface area contributed by atoms with Crippen LogP contribution >= 0.6 is 0 Å². The third-order valence-corrected chi connectivity index (χ3v) is 2.96. The first-order valence-electron chi connectivity index (χ1n) is 7.77. The summed E-state index contributed by atoms with van der Waals surface area (Å²) in [5.41, 5.74) is -0.179. The van der Waals surface area contributed by atoms with Gasteiger partial charge in [0.25, 0.3) is 5.88 Å². The van der Waals surface area contributed by atoms with E-state index in [1.165, 1.54) is 0 Å². The number of hydrogen-bond donors (Lipinski definition) is 1. The van der Waals surface area contributed by atoms with E-state index >= 15 is 0 Å². The zero-order valence-corrected chi connectivity index (χ0v) is 14.0. The highest BCUT2D eigenvalue weighted by Crippen LogP contribution is 2.32. The van der Waals surface area contributed by atoms with E-state index in [4.69, 9.17) is 4.74 Å². The van der Waals surface area contributed by atoms with E-state index in [2.05, 4.69) is 29.1 Å². The van der Waals surface area contributed by atoms with Crippen molar-refractivity contribution in [3.63, 3.8) is 0 Å². The van der Waals surface area contributed by atoms with Gasteiger partial charge in [0.15, 0.2) is 0 Å². The lowest BCUT2D eigenvalue weighted by Gasteiger charge is -2.13. The van der Waals surface area contributed by atoms with Crippen molar-refractivity contribution in [2.75, 3.05) is 18.5 Å². The first-order valence-corrected chi connectivity index (χ1v) is 7.77. The number of nitro groups is 1. The number of aromatic nitrogens is 2. The first-order chi connectivity index (χ1) is 10.3. The molecule has 7 nitrogen and oxygen atoms in total. The Labute approximate surface area is 131 Å². The normalized spacial score (nSPS) is 11.0. The molecule has 0 amide bonds. The monoisotopic (exact) mass is 310 g/mol. The van der Waals surface area contributed by atoms with Crippen LogP contribution in [0.3, 0.4) is 0 Å². The van der Waals surface area contributed by atoms with E-state index in [9.17, 15) is 10.1 Å². The van der Waals surface area contributed by atoms with E-state index in [0.29, 0.717) is 31.3 Å². The van der Waals surface area contributed by atoms with Gasteiger partial charge in [0, 0.05) is 13.0 Å². The summed E-state index contributed by atoms with van der Waals surface area (Å²) in [6, 6.07) is 0. The third-order valence-electron chi connectivity index (χ3n) is 2.96. The van der Waals surface area contributed by atoms with Gasteiger partial charge in [-0.1, -0.05) is 34.6 Å². The maximum atomic E-state index is 11.4. The van der Waals surface area contributed by atoms with Crippen molar-refractivity contribution in [1.82, 2.24) is 9.97 Å². The fourth-order valence-electron chi connectivity index (χ4n) is 1.75. The fourth-order valence-corrected chi connectivity index (χ4v) is 1.75. The maximum Gasteiger partial charge on any atom is 0.372 e. The van der Waals surface area contributed by atoms with Crippen molar-refractivity contribution in [2.45, 2.75) is 47.5 Å². The average molecular weight is 310 g/mol. The Morgan fingerprint density at radius 3 is 2.41 bits per heavy atom. The van der Waals surface area contributed by atoms with Gasteiger partial charge in [0.05, 0.1) is 11.5 Å². The molecular formula is C15H26N4O3. The fraction of sp³-hybridized carbons (Fsp3) is 0.733. The molecule has 1 rings (SSSR count). The van der Waals surface area contributed by atoms with Gasteiger partial charge >= 0.3 is 5.69 Å². The van der Waals surface area contributed by atoms with Crippen LogP contribution in [-0.4, -0.2) is 28.0 Å². The van der Waals surface area contributed by atoms with Gasteiger partial charge in [0.2, 0.25) is 5.82 Å². The molecule has 0 atom stereocenters. The molecule has 1 aromatic heterocycles. The van der Waals surface area contributed by atoms with E-state index in [0.717, 1.165) is 6.42 Å². The van der Waals surface area contributed by atoms with Gasteiger partial charge in [-0.25, -0.2) is 4.98 Å². The van der Waals surface area contributed by atoms with E-state index in [1.807, 2.05) is 20.8 Å². The summed E-state index contributed by atoms with van der Waals surface area (Å²) in [6.45, 7) is 11.1. The van der Waals surface area contributed by atoms with Crippen molar-refractivity contribution in [2.24, 2.45) is 11.8 Å². The molecule has 124 valence electrons. The van der Waals surface area contributed by atoms with Gasteiger partial charge < -0.3 is 10.1 Å². The predicted octanol–water partition coefficient (Wildman–Crippen LogP) is 3.44. The predicted molar refractivity (Wildman–Crippen MR) is 86.3 cm³/mol. The lowest BCUT2D eigenvalue weighted by Crippen LogP contribution is -2.14. The lowest BCUT2D eigenvalue weighted by atomic mass is 10.1. The van der Waals surface area contributed by atoms with Crippen LogP contribution in [0.2, 0.25) is 0 Å². The smallest absolute Gasteiger partial charge is 0.372 e. The molecule has 0 aliphatic heterocycles. The largest absolute Gasteiger partial charge is 0.472 e. The summed E-state index contributed by atoms with van der Waals surface area (Å²) in [6.07, 6.45) is 1.50. The first kappa shape index (κ1) is 18.1. The molecule has 0 spiro atoms. The molecule has 0 saturated heterocycles. The third kappa shape index (κ3) is 5.46. The van der Waals surface area contributed by atoms with Gasteiger partial charge in [-0.2, -0.15) is 4.98 Å². The summed E-state index contributed by atoms with van der Waals surface area (Å²) < 4.78 is 5.54. The van der Waals surface area contributed by atoms with Crippen LogP contribution in [0.25, 0.3) is 0 Å². The molecule has 0 aliphatic carbocycles. The number of nitrogens with zero attached hydrogens (tertiary/aromatic N) is 3. The Kier molecular flexibility index (Phi) is 7.01. The molecule has 0 radical (unpaired) electrons. The molecule has 0 saturated carbocycles. The van der Waals surface area contributed by atoms with Crippen LogP contribution in [0.5, 0.6) is 5.88 Å². The van der Waals surface area contributed by atoms with Crippen LogP contribution in [0.4, 0.5) is 11.5 Å². The van der Waals surface area contributed by atoms with Gasteiger partial charge in [-0.05, 0) is 18.3 Å². The minimum absolute atomic E-state index is 0.0533. The molecule has 1 heterocycles. The van der Waals surface area contributed by atoms with Crippen LogP contribution < -0.4 is 10.1 Å². The second-order valence-electron chi connectivity index (χ2n) is 6.07. The number of rotatable bonds is 9. The van der Waals surface area contributed by atoms with Crippen LogP contribution in [0.1, 0.15) is 46.9 Å².